The molecule has 160 valence electrons. The van der Waals surface area contributed by atoms with Gasteiger partial charge in [-0.3, -0.25) is 4.79 Å². The Kier molecular flexibility index (Phi) is 5.84. The summed E-state index contributed by atoms with van der Waals surface area (Å²) >= 11 is 0. The Hall–Kier alpha value is -2.38. The van der Waals surface area contributed by atoms with Crippen molar-refractivity contribution in [1.29, 1.82) is 0 Å². The molecule has 6 nitrogen and oxygen atoms in total. The molecule has 30 heavy (non-hydrogen) atoms. The molecule has 2 saturated heterocycles. The lowest BCUT2D eigenvalue weighted by atomic mass is 10.2. The first-order chi connectivity index (χ1) is 14.4. The van der Waals surface area contributed by atoms with Gasteiger partial charge in [-0.1, -0.05) is 17.7 Å². The van der Waals surface area contributed by atoms with E-state index in [1.807, 2.05) is 13.0 Å². The molecule has 2 heterocycles. The fourth-order valence-electron chi connectivity index (χ4n) is 4.30. The first-order valence-electron chi connectivity index (χ1n) is 10.6. The predicted molar refractivity (Wildman–Crippen MR) is 120 cm³/mol. The summed E-state index contributed by atoms with van der Waals surface area (Å²) in [5, 5.41) is 0. The van der Waals surface area contributed by atoms with Crippen molar-refractivity contribution in [3.63, 3.8) is 0 Å². The lowest BCUT2D eigenvalue weighted by molar-refractivity contribution is -0.117. The van der Waals surface area contributed by atoms with E-state index < -0.39 is 10.0 Å². The Morgan fingerprint density at radius 2 is 1.53 bits per heavy atom. The number of nitrogens with zero attached hydrogens (tertiary/aromatic N) is 3. The van der Waals surface area contributed by atoms with Gasteiger partial charge < -0.3 is 9.80 Å². The highest BCUT2D eigenvalue weighted by Crippen LogP contribution is 2.28. The molecule has 7 heteroatoms. The average molecular weight is 428 g/mol. The summed E-state index contributed by atoms with van der Waals surface area (Å²) in [5.74, 6) is 0.105. The number of anilines is 2. The third-order valence-electron chi connectivity index (χ3n) is 6.02. The highest BCUT2D eigenvalue weighted by Gasteiger charge is 2.29. The number of aryl methyl sites for hydroxylation is 2. The summed E-state index contributed by atoms with van der Waals surface area (Å²) < 4.78 is 28.3. The van der Waals surface area contributed by atoms with Gasteiger partial charge in [0, 0.05) is 50.5 Å². The molecule has 2 aromatic rings. The van der Waals surface area contributed by atoms with Crippen LogP contribution in [0.2, 0.25) is 0 Å². The number of carbonyl (C=O) groups is 1. The van der Waals surface area contributed by atoms with Gasteiger partial charge in [0.15, 0.2) is 0 Å². The van der Waals surface area contributed by atoms with Crippen molar-refractivity contribution in [3.05, 3.63) is 53.6 Å². The summed E-state index contributed by atoms with van der Waals surface area (Å²) in [6, 6.07) is 13.6. The zero-order valence-corrected chi connectivity index (χ0v) is 18.5. The molecule has 0 bridgehead atoms. The van der Waals surface area contributed by atoms with Gasteiger partial charge in [0.05, 0.1) is 4.90 Å². The zero-order chi connectivity index (χ0) is 21.3. The Morgan fingerprint density at radius 1 is 0.800 bits per heavy atom. The largest absolute Gasteiger partial charge is 0.370 e. The SMILES string of the molecule is Cc1ccc(N2CCCN(S(=O)(=O)c3ccc(N4CCCC4=O)cc3C)CC2)cc1. The number of hydrogen-bond acceptors (Lipinski definition) is 4. The van der Waals surface area contributed by atoms with E-state index in [4.69, 9.17) is 0 Å². The molecular weight excluding hydrogens is 398 g/mol. The van der Waals surface area contributed by atoms with E-state index in [0.717, 1.165) is 30.8 Å². The summed E-state index contributed by atoms with van der Waals surface area (Å²) in [4.78, 5) is 16.3. The maximum atomic E-state index is 13.4. The van der Waals surface area contributed by atoms with Gasteiger partial charge in [0.1, 0.15) is 0 Å². The second kappa shape index (κ2) is 8.40. The molecule has 2 aromatic carbocycles. The normalized spacial score (nSPS) is 18.7. The van der Waals surface area contributed by atoms with E-state index in [2.05, 4.69) is 36.1 Å². The van der Waals surface area contributed by atoms with Gasteiger partial charge >= 0.3 is 0 Å². The maximum absolute atomic E-state index is 13.4. The van der Waals surface area contributed by atoms with E-state index in [1.165, 1.54) is 5.56 Å². The van der Waals surface area contributed by atoms with Crippen LogP contribution in [0.5, 0.6) is 0 Å². The zero-order valence-electron chi connectivity index (χ0n) is 17.7. The molecule has 2 aliphatic rings. The van der Waals surface area contributed by atoms with Crippen LogP contribution in [0.1, 0.15) is 30.4 Å². The van der Waals surface area contributed by atoms with E-state index in [0.29, 0.717) is 43.1 Å². The molecule has 0 unspecified atom stereocenters. The molecule has 0 aromatic heterocycles. The van der Waals surface area contributed by atoms with Crippen molar-refractivity contribution < 1.29 is 13.2 Å². The number of hydrogen-bond donors (Lipinski definition) is 0. The molecule has 0 saturated carbocycles. The topological polar surface area (TPSA) is 60.9 Å². The summed E-state index contributed by atoms with van der Waals surface area (Å²) in [6.07, 6.45) is 2.19. The van der Waals surface area contributed by atoms with E-state index in [-0.39, 0.29) is 5.91 Å². The molecule has 0 radical (unpaired) electrons. The molecule has 1 amide bonds. The Labute approximate surface area is 179 Å². The minimum Gasteiger partial charge on any atom is -0.370 e. The third kappa shape index (κ3) is 4.09. The molecule has 0 N–H and O–H groups in total. The van der Waals surface area contributed by atoms with Crippen molar-refractivity contribution in [1.82, 2.24) is 4.31 Å². The van der Waals surface area contributed by atoms with Gasteiger partial charge in [-0.25, -0.2) is 8.42 Å². The van der Waals surface area contributed by atoms with E-state index in [9.17, 15) is 13.2 Å². The average Bonchev–Trinajstić information content (AvgIpc) is 2.99. The Morgan fingerprint density at radius 3 is 2.20 bits per heavy atom. The van der Waals surface area contributed by atoms with Gasteiger partial charge in [-0.15, -0.1) is 0 Å². The number of rotatable bonds is 4. The monoisotopic (exact) mass is 427 g/mol. The molecule has 0 spiro atoms. The maximum Gasteiger partial charge on any atom is 0.243 e. The Bertz CT molecular complexity index is 1030. The molecule has 0 atom stereocenters. The fourth-order valence-corrected chi connectivity index (χ4v) is 5.97. The van der Waals surface area contributed by atoms with Crippen LogP contribution in [0.15, 0.2) is 47.4 Å². The minimum atomic E-state index is -3.58. The van der Waals surface area contributed by atoms with Gasteiger partial charge in [0.25, 0.3) is 0 Å². The van der Waals surface area contributed by atoms with E-state index in [1.54, 1.807) is 21.3 Å². The fraction of sp³-hybridized carbons (Fsp3) is 0.435. The predicted octanol–water partition coefficient (Wildman–Crippen LogP) is 3.33. The van der Waals surface area contributed by atoms with Gasteiger partial charge in [-0.2, -0.15) is 4.31 Å². The van der Waals surface area contributed by atoms with Crippen LogP contribution >= 0.6 is 0 Å². The van der Waals surface area contributed by atoms with Crippen LogP contribution in [0.3, 0.4) is 0 Å². The van der Waals surface area contributed by atoms with Crippen molar-refractivity contribution in [2.45, 2.75) is 38.0 Å². The molecule has 2 fully saturated rings. The van der Waals surface area contributed by atoms with Crippen molar-refractivity contribution in [3.8, 4) is 0 Å². The summed E-state index contributed by atoms with van der Waals surface area (Å²) in [7, 11) is -3.58. The molecule has 0 aliphatic carbocycles. The van der Waals surface area contributed by atoms with Crippen molar-refractivity contribution >= 4 is 27.3 Å². The number of benzene rings is 2. The highest BCUT2D eigenvalue weighted by atomic mass is 32.2. The summed E-state index contributed by atoms with van der Waals surface area (Å²) in [5.41, 5.74) is 3.82. The second-order valence-corrected chi connectivity index (χ2v) is 10.1. The lowest BCUT2D eigenvalue weighted by Gasteiger charge is -2.24. The number of carbonyl (C=O) groups excluding carboxylic acids is 1. The smallest absolute Gasteiger partial charge is 0.243 e. The van der Waals surface area contributed by atoms with E-state index >= 15 is 0 Å². The third-order valence-corrected chi connectivity index (χ3v) is 8.07. The van der Waals surface area contributed by atoms with Crippen LogP contribution in [0.25, 0.3) is 0 Å². The molecular formula is C23H29N3O3S. The lowest BCUT2D eigenvalue weighted by Crippen LogP contribution is -2.35. The Balaban J connectivity index is 1.52. The first kappa shape index (κ1) is 20.9. The minimum absolute atomic E-state index is 0.105. The quantitative estimate of drug-likeness (QED) is 0.751. The van der Waals surface area contributed by atoms with Gasteiger partial charge in [-0.05, 0) is 62.6 Å². The van der Waals surface area contributed by atoms with Crippen LogP contribution in [0, 0.1) is 13.8 Å². The van der Waals surface area contributed by atoms with Crippen LogP contribution in [0.4, 0.5) is 11.4 Å². The van der Waals surface area contributed by atoms with Gasteiger partial charge in [0.2, 0.25) is 15.9 Å². The second-order valence-electron chi connectivity index (χ2n) is 8.18. The van der Waals surface area contributed by atoms with Crippen LogP contribution < -0.4 is 9.80 Å². The molecule has 4 rings (SSSR count). The first-order valence-corrected chi connectivity index (χ1v) is 12.0. The van der Waals surface area contributed by atoms with Crippen LogP contribution in [-0.4, -0.2) is 51.4 Å². The molecule has 2 aliphatic heterocycles. The summed E-state index contributed by atoms with van der Waals surface area (Å²) in [6.45, 7) is 7.05. The highest BCUT2D eigenvalue weighted by molar-refractivity contribution is 7.89. The number of amides is 1. The standard InChI is InChI=1S/C23H29N3O3S/c1-18-6-8-20(9-7-18)24-12-4-13-25(16-15-24)30(28,29)22-11-10-21(17-19(22)2)26-14-3-5-23(26)27/h6-11,17H,3-5,12-16H2,1-2H3. The van der Waals surface area contributed by atoms with Crippen LogP contribution in [-0.2, 0) is 14.8 Å². The van der Waals surface area contributed by atoms with Crippen molar-refractivity contribution in [2.75, 3.05) is 42.5 Å². The number of sulfonamides is 1. The van der Waals surface area contributed by atoms with Crippen molar-refractivity contribution in [2.24, 2.45) is 0 Å².